The molecular formula is C15H16F15NO2. The number of halogens is 15. The summed E-state index contributed by atoms with van der Waals surface area (Å²) < 4.78 is 204. The van der Waals surface area contributed by atoms with Crippen LogP contribution in [0.5, 0.6) is 0 Å². The molecule has 6 atom stereocenters. The van der Waals surface area contributed by atoms with Crippen molar-refractivity contribution in [2.45, 2.75) is 81.1 Å². The smallest absolute Gasteiger partial charge is 0.363 e. The summed E-state index contributed by atoms with van der Waals surface area (Å²) in [5, 5.41) is 0. The summed E-state index contributed by atoms with van der Waals surface area (Å²) in [4.78, 5) is -0.615. The minimum absolute atomic E-state index is 0.0340. The average Bonchev–Trinajstić information content (AvgIpc) is 2.63. The van der Waals surface area contributed by atoms with Crippen LogP contribution >= 0.6 is 0 Å². The number of hydrogen-bond acceptors (Lipinski definition) is 3. The molecule has 0 aliphatic carbocycles. The van der Waals surface area contributed by atoms with Gasteiger partial charge in [0.2, 0.25) is 6.30 Å². The molecular weight excluding hydrogens is 511 g/mol. The van der Waals surface area contributed by atoms with E-state index in [0.29, 0.717) is 0 Å². The standard InChI is InChI=1S/C15H16F15NO2/c1-5(11(18,19)9(16)15(28,29)30)32-6(2)12(20,21)10(17)31-3-7(13(22,23)24)33-8(4-31)14(25,26)27/h5-10H,3-4H2,1-2H3/t5-,6?,7?,8?,9?,10?/m1/s1. The molecule has 0 aromatic carbocycles. The van der Waals surface area contributed by atoms with Gasteiger partial charge in [0.1, 0.15) is 12.2 Å². The minimum Gasteiger partial charge on any atom is -0.363 e. The molecule has 0 spiro atoms. The van der Waals surface area contributed by atoms with E-state index in [2.05, 4.69) is 9.47 Å². The van der Waals surface area contributed by atoms with E-state index in [1.807, 2.05) is 0 Å². The van der Waals surface area contributed by atoms with Gasteiger partial charge in [0.05, 0.1) is 0 Å². The fraction of sp³-hybridized carbons (Fsp3) is 1.00. The Morgan fingerprint density at radius 1 is 0.697 bits per heavy atom. The van der Waals surface area contributed by atoms with Gasteiger partial charge in [0.15, 0.2) is 12.2 Å². The Bertz CT molecular complexity index is 625. The van der Waals surface area contributed by atoms with E-state index < -0.39 is 85.2 Å². The molecule has 1 aliphatic rings. The Morgan fingerprint density at radius 2 is 1.06 bits per heavy atom. The number of morpholine rings is 1. The first kappa shape index (κ1) is 29.9. The first-order valence-electron chi connectivity index (χ1n) is 8.72. The quantitative estimate of drug-likeness (QED) is 0.325. The Labute approximate surface area is 175 Å². The topological polar surface area (TPSA) is 21.7 Å². The zero-order valence-electron chi connectivity index (χ0n) is 16.3. The fourth-order valence-corrected chi connectivity index (χ4v) is 2.68. The molecule has 0 N–H and O–H groups in total. The first-order chi connectivity index (χ1) is 14.4. The van der Waals surface area contributed by atoms with Gasteiger partial charge in [-0.15, -0.1) is 0 Å². The second-order valence-corrected chi connectivity index (χ2v) is 7.16. The highest BCUT2D eigenvalue weighted by molar-refractivity contribution is 4.94. The molecule has 3 nitrogen and oxygen atoms in total. The predicted octanol–water partition coefficient (Wildman–Crippen LogP) is 5.44. The molecule has 18 heteroatoms. The molecule has 0 amide bonds. The van der Waals surface area contributed by atoms with Crippen molar-refractivity contribution in [3.8, 4) is 0 Å². The third-order valence-corrected chi connectivity index (χ3v) is 4.62. The Morgan fingerprint density at radius 3 is 1.39 bits per heavy atom. The second-order valence-electron chi connectivity index (χ2n) is 7.16. The van der Waals surface area contributed by atoms with E-state index in [-0.39, 0.29) is 13.8 Å². The zero-order valence-corrected chi connectivity index (χ0v) is 16.3. The van der Waals surface area contributed by atoms with Crippen molar-refractivity contribution in [1.82, 2.24) is 4.90 Å². The van der Waals surface area contributed by atoms with Crippen molar-refractivity contribution in [2.24, 2.45) is 0 Å². The van der Waals surface area contributed by atoms with E-state index in [9.17, 15) is 65.9 Å². The molecule has 5 unspecified atom stereocenters. The lowest BCUT2D eigenvalue weighted by Gasteiger charge is -2.43. The molecule has 0 radical (unpaired) electrons. The van der Waals surface area contributed by atoms with Gasteiger partial charge >= 0.3 is 30.4 Å². The highest BCUT2D eigenvalue weighted by atomic mass is 19.4. The van der Waals surface area contributed by atoms with Crippen molar-refractivity contribution >= 4 is 0 Å². The molecule has 0 bridgehead atoms. The van der Waals surface area contributed by atoms with Crippen LogP contribution in [0.4, 0.5) is 65.9 Å². The average molecular weight is 527 g/mol. The van der Waals surface area contributed by atoms with Crippen molar-refractivity contribution in [3.63, 3.8) is 0 Å². The van der Waals surface area contributed by atoms with Crippen LogP contribution in [0.2, 0.25) is 0 Å². The largest absolute Gasteiger partial charge is 0.425 e. The van der Waals surface area contributed by atoms with Gasteiger partial charge in [-0.3, -0.25) is 4.90 Å². The van der Waals surface area contributed by atoms with Crippen LogP contribution in [-0.2, 0) is 9.47 Å². The molecule has 1 fully saturated rings. The van der Waals surface area contributed by atoms with Crippen LogP contribution in [0.25, 0.3) is 0 Å². The Balaban J connectivity index is 3.08. The Hall–Kier alpha value is -1.17. The summed E-state index contributed by atoms with van der Waals surface area (Å²) in [5.41, 5.74) is 0. The van der Waals surface area contributed by atoms with Crippen LogP contribution in [0.3, 0.4) is 0 Å². The van der Waals surface area contributed by atoms with E-state index in [4.69, 9.17) is 0 Å². The van der Waals surface area contributed by atoms with Gasteiger partial charge in [0, 0.05) is 13.1 Å². The van der Waals surface area contributed by atoms with Crippen LogP contribution < -0.4 is 0 Å². The first-order valence-corrected chi connectivity index (χ1v) is 8.72. The zero-order chi connectivity index (χ0) is 26.4. The number of alkyl halides is 15. The lowest BCUT2D eigenvalue weighted by molar-refractivity contribution is -0.325. The SMILES string of the molecule is CC(O[C@H](C)C(F)(F)C(F)C(F)(F)F)C(F)(F)C(F)N1CC(C(F)(F)F)OC(C(F)(F)F)C1. The molecule has 0 aromatic rings. The molecule has 1 rings (SSSR count). The van der Waals surface area contributed by atoms with Crippen molar-refractivity contribution in [3.05, 3.63) is 0 Å². The fourth-order valence-electron chi connectivity index (χ4n) is 2.68. The summed E-state index contributed by atoms with van der Waals surface area (Å²) in [6, 6.07) is 0. The van der Waals surface area contributed by atoms with Crippen LogP contribution in [-0.4, -0.2) is 85.2 Å². The number of rotatable bonds is 7. The molecule has 33 heavy (non-hydrogen) atoms. The predicted molar refractivity (Wildman–Crippen MR) is 78.1 cm³/mol. The van der Waals surface area contributed by atoms with E-state index in [1.165, 1.54) is 0 Å². The van der Waals surface area contributed by atoms with Gasteiger partial charge in [-0.05, 0) is 13.8 Å². The third kappa shape index (κ3) is 6.93. The van der Waals surface area contributed by atoms with Crippen LogP contribution in [0, 0.1) is 0 Å². The summed E-state index contributed by atoms with van der Waals surface area (Å²) in [6.07, 6.45) is -39.2. The van der Waals surface area contributed by atoms with Crippen molar-refractivity contribution in [2.75, 3.05) is 13.1 Å². The molecule has 0 aromatic heterocycles. The maximum Gasteiger partial charge on any atom is 0.425 e. The monoisotopic (exact) mass is 527 g/mol. The summed E-state index contributed by atoms with van der Waals surface area (Å²) in [6.45, 7) is -3.56. The molecule has 0 saturated carbocycles. The lowest BCUT2D eigenvalue weighted by atomic mass is 10.1. The van der Waals surface area contributed by atoms with Gasteiger partial charge in [0.25, 0.3) is 6.17 Å². The van der Waals surface area contributed by atoms with Gasteiger partial charge in [-0.1, -0.05) is 0 Å². The second kappa shape index (κ2) is 9.47. The lowest BCUT2D eigenvalue weighted by Crippen LogP contribution is -2.63. The normalized spacial score (nSPS) is 26.1. The number of hydrogen-bond donors (Lipinski definition) is 0. The molecule has 1 heterocycles. The highest BCUT2D eigenvalue weighted by Gasteiger charge is 2.62. The van der Waals surface area contributed by atoms with Crippen LogP contribution in [0.1, 0.15) is 13.8 Å². The number of ether oxygens (including phenoxy) is 2. The van der Waals surface area contributed by atoms with Crippen LogP contribution in [0.15, 0.2) is 0 Å². The van der Waals surface area contributed by atoms with E-state index in [0.717, 1.165) is 0 Å². The van der Waals surface area contributed by atoms with E-state index in [1.54, 1.807) is 0 Å². The van der Waals surface area contributed by atoms with Gasteiger partial charge in [-0.25, -0.2) is 17.6 Å². The molecule has 1 aliphatic heterocycles. The number of nitrogens with zero attached hydrogens (tertiary/aromatic N) is 1. The van der Waals surface area contributed by atoms with Crippen molar-refractivity contribution < 1.29 is 75.3 Å². The Kier molecular flexibility index (Phi) is 8.57. The van der Waals surface area contributed by atoms with Gasteiger partial charge in [-0.2, -0.15) is 48.3 Å². The van der Waals surface area contributed by atoms with Crippen molar-refractivity contribution in [1.29, 1.82) is 0 Å². The maximum absolute atomic E-state index is 14.4. The third-order valence-electron chi connectivity index (χ3n) is 4.62. The highest BCUT2D eigenvalue weighted by Crippen LogP contribution is 2.41. The molecule has 1 saturated heterocycles. The summed E-state index contributed by atoms with van der Waals surface area (Å²) >= 11 is 0. The van der Waals surface area contributed by atoms with Gasteiger partial charge < -0.3 is 9.47 Å². The summed E-state index contributed by atoms with van der Waals surface area (Å²) in [5.74, 6) is -10.6. The van der Waals surface area contributed by atoms with E-state index >= 15 is 0 Å². The molecule has 198 valence electrons. The summed E-state index contributed by atoms with van der Waals surface area (Å²) in [7, 11) is 0. The minimum atomic E-state index is -6.14. The maximum atomic E-state index is 14.4.